The lowest BCUT2D eigenvalue weighted by molar-refractivity contribution is 0.356. The summed E-state index contributed by atoms with van der Waals surface area (Å²) >= 11 is 0. The van der Waals surface area contributed by atoms with Crippen LogP contribution in [0.4, 0.5) is 0 Å². The van der Waals surface area contributed by atoms with Gasteiger partial charge in [-0.1, -0.05) is 20.8 Å². The molecule has 1 aromatic rings. The normalized spacial score (nSPS) is 16.2. The number of furan rings is 1. The first-order valence-electron chi connectivity index (χ1n) is 7.29. The zero-order valence-electron chi connectivity index (χ0n) is 12.4. The van der Waals surface area contributed by atoms with Crippen molar-refractivity contribution in [1.29, 1.82) is 0 Å². The number of hydrogen-bond acceptors (Lipinski definition) is 4. The van der Waals surface area contributed by atoms with Crippen LogP contribution in [0.1, 0.15) is 45.8 Å². The lowest BCUT2D eigenvalue weighted by Gasteiger charge is -2.19. The fourth-order valence-electron chi connectivity index (χ4n) is 2.09. The predicted octanol–water partition coefficient (Wildman–Crippen LogP) is 2.34. The second-order valence-corrected chi connectivity index (χ2v) is 7.42. The van der Waals surface area contributed by atoms with Gasteiger partial charge in [-0.2, -0.15) is 4.31 Å². The van der Waals surface area contributed by atoms with Crippen molar-refractivity contribution in [3.05, 3.63) is 17.9 Å². The molecule has 0 spiro atoms. The third-order valence-electron chi connectivity index (χ3n) is 3.28. The molecule has 1 heterocycles. The molecule has 1 fully saturated rings. The number of rotatable bonds is 8. The third kappa shape index (κ3) is 3.62. The average molecular weight is 300 g/mol. The van der Waals surface area contributed by atoms with E-state index in [-0.39, 0.29) is 11.1 Å². The third-order valence-corrected chi connectivity index (χ3v) is 5.11. The molecule has 114 valence electrons. The highest BCUT2D eigenvalue weighted by Crippen LogP contribution is 2.32. The highest BCUT2D eigenvalue weighted by Gasteiger charge is 2.38. The molecule has 0 aromatic carbocycles. The van der Waals surface area contributed by atoms with Crippen LogP contribution in [0.15, 0.2) is 21.6 Å². The second-order valence-electron chi connectivity index (χ2n) is 5.60. The van der Waals surface area contributed by atoms with E-state index in [4.69, 9.17) is 4.42 Å². The van der Waals surface area contributed by atoms with Gasteiger partial charge in [0.1, 0.15) is 5.76 Å². The summed E-state index contributed by atoms with van der Waals surface area (Å²) in [5.41, 5.74) is 0. The molecule has 1 saturated carbocycles. The van der Waals surface area contributed by atoms with Crippen LogP contribution in [0.2, 0.25) is 0 Å². The van der Waals surface area contributed by atoms with E-state index < -0.39 is 10.0 Å². The van der Waals surface area contributed by atoms with Gasteiger partial charge in [0, 0.05) is 18.6 Å². The van der Waals surface area contributed by atoms with Crippen molar-refractivity contribution >= 4 is 10.0 Å². The summed E-state index contributed by atoms with van der Waals surface area (Å²) in [6.45, 7) is 7.18. The molecule has 0 radical (unpaired) electrons. The van der Waals surface area contributed by atoms with Gasteiger partial charge in [0.15, 0.2) is 0 Å². The molecule has 5 nitrogen and oxygen atoms in total. The number of hydrogen-bond donors (Lipinski definition) is 1. The highest BCUT2D eigenvalue weighted by atomic mass is 32.2. The molecule has 0 atom stereocenters. The van der Waals surface area contributed by atoms with Crippen molar-refractivity contribution in [3.8, 4) is 0 Å². The first-order valence-corrected chi connectivity index (χ1v) is 8.73. The molecule has 0 aliphatic heterocycles. The maximum Gasteiger partial charge on any atom is 0.276 e. The molecule has 0 amide bonds. The van der Waals surface area contributed by atoms with Crippen molar-refractivity contribution in [3.63, 3.8) is 0 Å². The van der Waals surface area contributed by atoms with E-state index in [1.54, 1.807) is 16.4 Å². The summed E-state index contributed by atoms with van der Waals surface area (Å²) in [6, 6.07) is 3.81. The zero-order chi connectivity index (χ0) is 14.8. The van der Waals surface area contributed by atoms with E-state index in [0.717, 1.165) is 19.3 Å². The van der Waals surface area contributed by atoms with Crippen LogP contribution in [-0.2, 0) is 16.6 Å². The van der Waals surface area contributed by atoms with Crippen LogP contribution in [0.25, 0.3) is 0 Å². The SMILES string of the molecule is CCCN(C1CC1)S(=O)(=O)c1ccc(CNC(C)C)o1. The Hall–Kier alpha value is -0.850. The minimum atomic E-state index is -3.48. The van der Waals surface area contributed by atoms with Crippen LogP contribution >= 0.6 is 0 Å². The fraction of sp³-hybridized carbons (Fsp3) is 0.714. The van der Waals surface area contributed by atoms with Crippen molar-refractivity contribution in [2.45, 2.75) is 63.8 Å². The predicted molar refractivity (Wildman–Crippen MR) is 77.9 cm³/mol. The molecule has 0 saturated heterocycles. The first-order chi connectivity index (χ1) is 9.45. The zero-order valence-corrected chi connectivity index (χ0v) is 13.2. The average Bonchev–Trinajstić information content (AvgIpc) is 3.09. The molecule has 0 unspecified atom stereocenters. The monoisotopic (exact) mass is 300 g/mol. The lowest BCUT2D eigenvalue weighted by atomic mass is 10.3. The van der Waals surface area contributed by atoms with Crippen molar-refractivity contribution < 1.29 is 12.8 Å². The second kappa shape index (κ2) is 6.28. The van der Waals surface area contributed by atoms with E-state index >= 15 is 0 Å². The summed E-state index contributed by atoms with van der Waals surface area (Å²) in [5, 5.41) is 3.28. The standard InChI is InChI=1S/C14H24N2O3S/c1-4-9-16(12-5-6-12)20(17,18)14-8-7-13(19-14)10-15-11(2)3/h7-8,11-12,15H,4-6,9-10H2,1-3H3. The highest BCUT2D eigenvalue weighted by molar-refractivity contribution is 7.89. The van der Waals surface area contributed by atoms with E-state index in [2.05, 4.69) is 5.32 Å². The Labute approximate surface area is 121 Å². The van der Waals surface area contributed by atoms with Crippen molar-refractivity contribution in [1.82, 2.24) is 9.62 Å². The molecule has 0 bridgehead atoms. The smallest absolute Gasteiger partial charge is 0.276 e. The summed E-state index contributed by atoms with van der Waals surface area (Å²) in [6.07, 6.45) is 2.74. The quantitative estimate of drug-likeness (QED) is 0.800. The summed E-state index contributed by atoms with van der Waals surface area (Å²) < 4.78 is 32.2. The fourth-order valence-corrected chi connectivity index (χ4v) is 3.80. The molecule has 1 N–H and O–H groups in total. The molecule has 1 aromatic heterocycles. The molecular weight excluding hydrogens is 276 g/mol. The van der Waals surface area contributed by atoms with Crippen LogP contribution in [0.5, 0.6) is 0 Å². The Bertz CT molecular complexity index is 532. The summed E-state index contributed by atoms with van der Waals surface area (Å²) in [5.74, 6) is 0.657. The van der Waals surface area contributed by atoms with Gasteiger partial charge in [-0.15, -0.1) is 0 Å². The van der Waals surface area contributed by atoms with Crippen LogP contribution < -0.4 is 5.32 Å². The van der Waals surface area contributed by atoms with Gasteiger partial charge in [0.2, 0.25) is 5.09 Å². The molecule has 2 rings (SSSR count). The lowest BCUT2D eigenvalue weighted by Crippen LogP contribution is -2.33. The van der Waals surface area contributed by atoms with Gasteiger partial charge < -0.3 is 9.73 Å². The summed E-state index contributed by atoms with van der Waals surface area (Å²) in [4.78, 5) is 0. The first kappa shape index (κ1) is 15.5. The Balaban J connectivity index is 2.12. The minimum absolute atomic E-state index is 0.0680. The van der Waals surface area contributed by atoms with Crippen molar-refractivity contribution in [2.24, 2.45) is 0 Å². The molecular formula is C14H24N2O3S. The number of nitrogens with one attached hydrogen (secondary N) is 1. The van der Waals surface area contributed by atoms with E-state index in [9.17, 15) is 8.42 Å². The maximum atomic E-state index is 12.6. The van der Waals surface area contributed by atoms with E-state index in [0.29, 0.717) is 24.9 Å². The van der Waals surface area contributed by atoms with Crippen LogP contribution in [0, 0.1) is 0 Å². The van der Waals surface area contributed by atoms with Gasteiger partial charge >= 0.3 is 0 Å². The Morgan fingerprint density at radius 1 is 1.40 bits per heavy atom. The Morgan fingerprint density at radius 2 is 2.10 bits per heavy atom. The van der Waals surface area contributed by atoms with Gasteiger partial charge in [-0.3, -0.25) is 0 Å². The minimum Gasteiger partial charge on any atom is -0.447 e. The topological polar surface area (TPSA) is 62.6 Å². The van der Waals surface area contributed by atoms with Gasteiger partial charge in [0.05, 0.1) is 6.54 Å². The Kier molecular flexibility index (Phi) is 4.88. The molecule has 1 aliphatic rings. The van der Waals surface area contributed by atoms with E-state index in [1.807, 2.05) is 20.8 Å². The maximum absolute atomic E-state index is 12.6. The number of nitrogens with zero attached hydrogens (tertiary/aromatic N) is 1. The van der Waals surface area contributed by atoms with Gasteiger partial charge in [0.25, 0.3) is 10.0 Å². The molecule has 6 heteroatoms. The Morgan fingerprint density at radius 3 is 2.65 bits per heavy atom. The van der Waals surface area contributed by atoms with Crippen molar-refractivity contribution in [2.75, 3.05) is 6.54 Å². The van der Waals surface area contributed by atoms with Gasteiger partial charge in [-0.25, -0.2) is 8.42 Å². The number of sulfonamides is 1. The largest absolute Gasteiger partial charge is 0.447 e. The van der Waals surface area contributed by atoms with Gasteiger partial charge in [-0.05, 0) is 31.4 Å². The summed E-state index contributed by atoms with van der Waals surface area (Å²) in [7, 11) is -3.48. The van der Waals surface area contributed by atoms with Crippen LogP contribution in [-0.4, -0.2) is 31.4 Å². The van der Waals surface area contributed by atoms with E-state index in [1.165, 1.54) is 0 Å². The molecule has 1 aliphatic carbocycles. The molecule has 20 heavy (non-hydrogen) atoms. The van der Waals surface area contributed by atoms with Crippen LogP contribution in [0.3, 0.4) is 0 Å².